The fourth-order valence-corrected chi connectivity index (χ4v) is 8.63. The molecule has 6 aromatic rings. The lowest BCUT2D eigenvalue weighted by molar-refractivity contribution is 1.47. The summed E-state index contributed by atoms with van der Waals surface area (Å²) in [5.41, 5.74) is 2.27. The third-order valence-corrected chi connectivity index (χ3v) is 9.83. The number of hydrogen-bond donors (Lipinski definition) is 2. The zero-order chi connectivity index (χ0) is 20.2. The van der Waals surface area contributed by atoms with E-state index >= 15 is 0 Å². The zero-order valence-corrected chi connectivity index (χ0v) is 20.1. The van der Waals surface area contributed by atoms with Gasteiger partial charge in [-0.05, 0) is 47.3 Å². The molecule has 0 atom stereocenters. The van der Waals surface area contributed by atoms with Gasteiger partial charge >= 0.3 is 0 Å². The van der Waals surface area contributed by atoms with E-state index in [-0.39, 0.29) is 0 Å². The number of aromatic amines is 2. The smallest absolute Gasteiger partial charge is 0.159 e. The van der Waals surface area contributed by atoms with E-state index < -0.39 is 0 Å². The van der Waals surface area contributed by atoms with Crippen molar-refractivity contribution in [2.24, 2.45) is 0 Å². The first-order valence-electron chi connectivity index (χ1n) is 9.11. The molecular weight excluding hydrogens is 485 g/mol. The maximum atomic E-state index is 5.40. The molecule has 0 aliphatic heterocycles. The number of nitrogens with one attached hydrogen (secondary N) is 2. The van der Waals surface area contributed by atoms with Gasteiger partial charge in [0.2, 0.25) is 0 Å². The Hall–Kier alpha value is -1.68. The van der Waals surface area contributed by atoms with Crippen molar-refractivity contribution in [3.05, 3.63) is 68.6 Å². The van der Waals surface area contributed by atoms with Gasteiger partial charge in [-0.2, -0.15) is 0 Å². The van der Waals surface area contributed by atoms with Crippen LogP contribution < -0.4 is 0 Å². The number of hydrogen-bond acceptors (Lipinski definition) is 6. The molecule has 0 unspecified atom stereocenters. The van der Waals surface area contributed by atoms with Crippen molar-refractivity contribution in [1.82, 2.24) is 9.97 Å². The Kier molecular flexibility index (Phi) is 4.74. The molecule has 6 rings (SSSR count). The topological polar surface area (TPSA) is 31.6 Å². The summed E-state index contributed by atoms with van der Waals surface area (Å²) in [4.78, 5) is 9.21. The van der Waals surface area contributed by atoms with Gasteiger partial charge in [0.15, 0.2) is 7.91 Å². The molecule has 0 radical (unpaired) electrons. The minimum Gasteiger partial charge on any atom is -0.336 e. The van der Waals surface area contributed by atoms with Gasteiger partial charge in [0.1, 0.15) is 0 Å². The second-order valence-electron chi connectivity index (χ2n) is 6.78. The second kappa shape index (κ2) is 7.47. The third kappa shape index (κ3) is 3.14. The molecule has 2 N–H and O–H groups in total. The van der Waals surface area contributed by atoms with Gasteiger partial charge in [-0.25, -0.2) is 0 Å². The maximum Gasteiger partial charge on any atom is 0.159 e. The maximum absolute atomic E-state index is 5.40. The van der Waals surface area contributed by atoms with Crippen LogP contribution in [0.3, 0.4) is 0 Å². The van der Waals surface area contributed by atoms with Crippen LogP contribution in [-0.4, -0.2) is 9.97 Å². The van der Waals surface area contributed by atoms with Crippen LogP contribution in [0.5, 0.6) is 0 Å². The highest BCUT2D eigenvalue weighted by Crippen LogP contribution is 2.46. The van der Waals surface area contributed by atoms with Crippen LogP contribution in [0.1, 0.15) is 0 Å². The molecule has 30 heavy (non-hydrogen) atoms. The van der Waals surface area contributed by atoms with E-state index in [0.717, 1.165) is 18.9 Å². The fourth-order valence-electron chi connectivity index (χ4n) is 3.74. The highest BCUT2D eigenvalue weighted by molar-refractivity contribution is 8.76. The number of benzene rings is 4. The van der Waals surface area contributed by atoms with E-state index in [1.54, 1.807) is 44.3 Å². The lowest BCUT2D eigenvalue weighted by atomic mass is 10.1. The van der Waals surface area contributed by atoms with Gasteiger partial charge in [-0.1, -0.05) is 70.1 Å². The molecule has 0 amide bonds. The molecule has 8 heteroatoms. The molecule has 0 aliphatic carbocycles. The number of rotatable bonds is 3. The van der Waals surface area contributed by atoms with Crippen LogP contribution >= 0.6 is 68.7 Å². The molecule has 0 aliphatic rings. The molecule has 146 valence electrons. The van der Waals surface area contributed by atoms with Crippen LogP contribution in [0.15, 0.2) is 70.5 Å². The van der Waals surface area contributed by atoms with Crippen LogP contribution in [0, 0.1) is 7.91 Å². The minimum absolute atomic E-state index is 0.815. The molecule has 0 fully saturated rings. The van der Waals surface area contributed by atoms with Crippen molar-refractivity contribution in [2.75, 3.05) is 0 Å². The van der Waals surface area contributed by atoms with Crippen molar-refractivity contribution < 1.29 is 0 Å². The third-order valence-electron chi connectivity index (χ3n) is 5.02. The van der Waals surface area contributed by atoms with Crippen LogP contribution in [0.4, 0.5) is 0 Å². The molecule has 0 bridgehead atoms. The zero-order valence-electron chi connectivity index (χ0n) is 15.2. The average Bonchev–Trinajstić information content (AvgIpc) is 3.33. The minimum atomic E-state index is 0.815. The van der Waals surface area contributed by atoms with E-state index in [2.05, 4.69) is 70.6 Å². The highest BCUT2D eigenvalue weighted by atomic mass is 33.1. The molecule has 2 aromatic heterocycles. The lowest BCUT2D eigenvalue weighted by Gasteiger charge is -2.09. The summed E-state index contributed by atoms with van der Waals surface area (Å²) in [5.74, 6) is 0. The van der Waals surface area contributed by atoms with Gasteiger partial charge < -0.3 is 9.97 Å². The van der Waals surface area contributed by atoms with E-state index in [1.165, 1.54) is 40.7 Å². The fraction of sp³-hybridized carbons (Fsp3) is 0. The Morgan fingerprint density at radius 2 is 1.00 bits per heavy atom. The van der Waals surface area contributed by atoms with Crippen molar-refractivity contribution >= 4 is 111 Å². The molecule has 0 saturated heterocycles. The van der Waals surface area contributed by atoms with E-state index in [9.17, 15) is 0 Å². The number of fused-ring (bicyclic) bond motifs is 6. The van der Waals surface area contributed by atoms with E-state index in [1.807, 2.05) is 0 Å². The quantitative estimate of drug-likeness (QED) is 0.189. The standard InChI is InChI=1S/C22H12N2S6/c25-21-23-19-13-7-3-1-5-11(13)15(9-17(19)27-21)29-30-16-10-18-20(24-22(26)28-18)14-8-4-2-6-12(14)16/h1-10H,(H,23,25)(H,24,26). The molecule has 4 aromatic carbocycles. The Bertz CT molecular complexity index is 1570. The van der Waals surface area contributed by atoms with Gasteiger partial charge in [0.05, 0.1) is 20.4 Å². The summed E-state index contributed by atoms with van der Waals surface area (Å²) in [6.07, 6.45) is 0. The van der Waals surface area contributed by atoms with Crippen molar-refractivity contribution in [1.29, 1.82) is 0 Å². The summed E-state index contributed by atoms with van der Waals surface area (Å²) in [6, 6.07) is 21.6. The Morgan fingerprint density at radius 1 is 0.600 bits per heavy atom. The predicted molar refractivity (Wildman–Crippen MR) is 141 cm³/mol. The van der Waals surface area contributed by atoms with Crippen LogP contribution in [0.25, 0.3) is 42.0 Å². The molecule has 2 nitrogen and oxygen atoms in total. The summed E-state index contributed by atoms with van der Waals surface area (Å²) >= 11 is 14.1. The van der Waals surface area contributed by atoms with Gasteiger partial charge in [0.25, 0.3) is 0 Å². The normalized spacial score (nSPS) is 11.9. The van der Waals surface area contributed by atoms with Crippen LogP contribution in [0.2, 0.25) is 0 Å². The summed E-state index contributed by atoms with van der Waals surface area (Å²) in [6.45, 7) is 0. The van der Waals surface area contributed by atoms with E-state index in [0.29, 0.717) is 0 Å². The monoisotopic (exact) mass is 496 g/mol. The highest BCUT2D eigenvalue weighted by Gasteiger charge is 2.13. The first-order chi connectivity index (χ1) is 14.7. The SMILES string of the molecule is S=c1[nH]c2c(cc(SSc3cc4sc(=S)[nH]c4c4ccccc34)c3ccccc32)s1. The second-order valence-corrected chi connectivity index (χ2v) is 12.4. The molecular formula is C22H12N2S6. The Morgan fingerprint density at radius 3 is 1.43 bits per heavy atom. The van der Waals surface area contributed by atoms with Crippen LogP contribution in [-0.2, 0) is 0 Å². The summed E-state index contributed by atoms with van der Waals surface area (Å²) < 4.78 is 4.03. The number of aromatic nitrogens is 2. The predicted octanol–water partition coefficient (Wildman–Crippen LogP) is 9.34. The Balaban J connectivity index is 1.50. The van der Waals surface area contributed by atoms with Gasteiger partial charge in [-0.15, -0.1) is 22.7 Å². The largest absolute Gasteiger partial charge is 0.336 e. The van der Waals surface area contributed by atoms with Gasteiger partial charge in [0, 0.05) is 20.6 Å². The average molecular weight is 497 g/mol. The Labute approximate surface area is 197 Å². The van der Waals surface area contributed by atoms with Crippen molar-refractivity contribution in [3.8, 4) is 0 Å². The molecule has 2 heterocycles. The molecule has 0 spiro atoms. The van der Waals surface area contributed by atoms with Gasteiger partial charge in [-0.3, -0.25) is 0 Å². The van der Waals surface area contributed by atoms with Crippen molar-refractivity contribution in [2.45, 2.75) is 9.79 Å². The molecule has 0 saturated carbocycles. The summed E-state index contributed by atoms with van der Waals surface area (Å²) in [5, 5.41) is 4.92. The summed E-state index contributed by atoms with van der Waals surface area (Å²) in [7, 11) is 3.60. The number of H-pyrrole nitrogens is 2. The first-order valence-corrected chi connectivity index (χ1v) is 13.7. The first kappa shape index (κ1) is 19.0. The number of thiazole rings is 2. The van der Waals surface area contributed by atoms with E-state index in [4.69, 9.17) is 24.4 Å². The lowest BCUT2D eigenvalue weighted by Crippen LogP contribution is -1.81. The van der Waals surface area contributed by atoms with Crippen molar-refractivity contribution in [3.63, 3.8) is 0 Å².